The Bertz CT molecular complexity index is 1560. The van der Waals surface area contributed by atoms with E-state index < -0.39 is 35.3 Å². The van der Waals surface area contributed by atoms with Crippen molar-refractivity contribution in [1.29, 1.82) is 0 Å². The second-order valence-electron chi connectivity index (χ2n) is 9.70. The Hall–Kier alpha value is -5.29. The number of rotatable bonds is 18. The van der Waals surface area contributed by atoms with E-state index in [0.29, 0.717) is 34.9 Å². The minimum atomic E-state index is -1.01. The molecule has 0 spiro atoms. The van der Waals surface area contributed by atoms with Crippen molar-refractivity contribution in [3.05, 3.63) is 96.6 Å². The van der Waals surface area contributed by atoms with E-state index in [-0.39, 0.29) is 30.4 Å². The molecule has 0 fully saturated rings. The molecule has 46 heavy (non-hydrogen) atoms. The van der Waals surface area contributed by atoms with Gasteiger partial charge < -0.3 is 24.7 Å². The monoisotopic (exact) mass is 660 g/mol. The standard InChI is InChI=1S/C28H33ClN8O9/c1-2-3-8-24-32-27(29)23(18-44-26(39)14-16-46-37(42)43)34(24)17-19-9-11-20(12-10-19)21-6-4-5-7-22(21)28(30)33-35(31)25(38)13-15-45-36(40)41/h4-7,9-12H,2-3,8,13-18,31H2,1H3,(H2,30,33). The smallest absolute Gasteiger partial charge is 0.308 e. The first kappa shape index (κ1) is 35.2. The lowest BCUT2D eigenvalue weighted by Gasteiger charge is -2.15. The highest BCUT2D eigenvalue weighted by molar-refractivity contribution is 6.30. The zero-order valence-electron chi connectivity index (χ0n) is 24.9. The maximum atomic E-state index is 12.1. The largest absolute Gasteiger partial charge is 0.459 e. The number of amidine groups is 1. The number of aromatic nitrogens is 2. The minimum Gasteiger partial charge on any atom is -0.459 e. The number of halogens is 1. The predicted octanol–water partition coefficient (Wildman–Crippen LogP) is 3.16. The summed E-state index contributed by atoms with van der Waals surface area (Å²) in [6, 6.07) is 14.6. The molecule has 18 heteroatoms. The summed E-state index contributed by atoms with van der Waals surface area (Å²) in [4.78, 5) is 57.6. The molecule has 0 aliphatic carbocycles. The molecule has 4 N–H and O–H groups in total. The van der Waals surface area contributed by atoms with E-state index in [1.807, 2.05) is 41.0 Å². The average Bonchev–Trinajstić information content (AvgIpc) is 3.31. The summed E-state index contributed by atoms with van der Waals surface area (Å²) in [5.74, 6) is 4.95. The van der Waals surface area contributed by atoms with Crippen LogP contribution in [-0.4, -0.2) is 55.8 Å². The Morgan fingerprint density at radius 2 is 1.70 bits per heavy atom. The van der Waals surface area contributed by atoms with E-state index in [4.69, 9.17) is 27.9 Å². The van der Waals surface area contributed by atoms with Crippen LogP contribution in [0, 0.1) is 20.2 Å². The number of hydrogen-bond acceptors (Lipinski definition) is 12. The van der Waals surface area contributed by atoms with Crippen LogP contribution in [0.3, 0.4) is 0 Å². The summed E-state index contributed by atoms with van der Waals surface area (Å²) in [5, 5.41) is 23.3. The zero-order chi connectivity index (χ0) is 33.6. The molecule has 0 bridgehead atoms. The molecule has 0 aliphatic heterocycles. The predicted molar refractivity (Wildman–Crippen MR) is 164 cm³/mol. The number of nitrogens with zero attached hydrogens (tertiary/aromatic N) is 6. The second kappa shape index (κ2) is 17.3. The number of imidazole rings is 1. The Morgan fingerprint density at radius 3 is 2.35 bits per heavy atom. The molecule has 0 unspecified atom stereocenters. The number of hydrazine groups is 1. The van der Waals surface area contributed by atoms with Crippen molar-refractivity contribution in [2.24, 2.45) is 16.7 Å². The highest BCUT2D eigenvalue weighted by Crippen LogP contribution is 2.26. The van der Waals surface area contributed by atoms with Crippen LogP contribution in [0.5, 0.6) is 0 Å². The Balaban J connectivity index is 1.79. The first-order valence-corrected chi connectivity index (χ1v) is 14.4. The van der Waals surface area contributed by atoms with E-state index in [2.05, 4.69) is 26.7 Å². The number of carbonyl (C=O) groups excluding carboxylic acids is 2. The van der Waals surface area contributed by atoms with Crippen LogP contribution in [-0.2, 0) is 43.6 Å². The van der Waals surface area contributed by atoms with Gasteiger partial charge >= 0.3 is 5.97 Å². The first-order valence-electron chi connectivity index (χ1n) is 14.0. The third kappa shape index (κ3) is 10.4. The lowest BCUT2D eigenvalue weighted by Crippen LogP contribution is -2.36. The van der Waals surface area contributed by atoms with Gasteiger partial charge in [0.1, 0.15) is 25.6 Å². The van der Waals surface area contributed by atoms with E-state index in [9.17, 15) is 29.8 Å². The summed E-state index contributed by atoms with van der Waals surface area (Å²) in [6.07, 6.45) is 1.77. The van der Waals surface area contributed by atoms with Crippen molar-refractivity contribution < 1.29 is 34.2 Å². The van der Waals surface area contributed by atoms with Crippen LogP contribution < -0.4 is 11.6 Å². The fourth-order valence-electron chi connectivity index (χ4n) is 4.26. The number of ether oxygens (including phenoxy) is 1. The zero-order valence-corrected chi connectivity index (χ0v) is 25.6. The molecule has 0 radical (unpaired) electrons. The number of carbonyl (C=O) groups is 2. The maximum absolute atomic E-state index is 12.1. The van der Waals surface area contributed by atoms with E-state index in [1.165, 1.54) is 0 Å². The lowest BCUT2D eigenvalue weighted by molar-refractivity contribution is -0.757. The van der Waals surface area contributed by atoms with Crippen LogP contribution in [0.25, 0.3) is 11.1 Å². The fraction of sp³-hybridized carbons (Fsp3) is 0.357. The number of nitrogens with two attached hydrogens (primary N) is 2. The molecule has 3 rings (SSSR count). The number of esters is 1. The van der Waals surface area contributed by atoms with Gasteiger partial charge in [-0.05, 0) is 23.1 Å². The van der Waals surface area contributed by atoms with Crippen molar-refractivity contribution in [2.45, 2.75) is 52.2 Å². The normalized spacial score (nSPS) is 11.2. The van der Waals surface area contributed by atoms with Gasteiger partial charge in [-0.3, -0.25) is 9.59 Å². The van der Waals surface area contributed by atoms with E-state index in [1.54, 1.807) is 12.1 Å². The molecule has 1 heterocycles. The van der Waals surface area contributed by atoms with Gasteiger partial charge in [-0.15, -0.1) is 25.3 Å². The molecule has 2 aromatic carbocycles. The summed E-state index contributed by atoms with van der Waals surface area (Å²) in [7, 11) is 0. The second-order valence-corrected chi connectivity index (χ2v) is 10.1. The minimum absolute atomic E-state index is 0.0523. The summed E-state index contributed by atoms with van der Waals surface area (Å²) in [5.41, 5.74) is 9.55. The van der Waals surface area contributed by atoms with E-state index >= 15 is 0 Å². The van der Waals surface area contributed by atoms with Crippen LogP contribution in [0.2, 0.25) is 5.15 Å². The molecular formula is C28H33ClN8O9. The van der Waals surface area contributed by atoms with Gasteiger partial charge in [-0.2, -0.15) is 5.12 Å². The number of aryl methyl sites for hydroxylation is 1. The molecule has 3 aromatic rings. The summed E-state index contributed by atoms with van der Waals surface area (Å²) >= 11 is 6.44. The van der Waals surface area contributed by atoms with E-state index in [0.717, 1.165) is 29.8 Å². The molecule has 0 atom stereocenters. The molecule has 17 nitrogen and oxygen atoms in total. The van der Waals surface area contributed by atoms with Crippen LogP contribution in [0.1, 0.15) is 55.3 Å². The van der Waals surface area contributed by atoms with Gasteiger partial charge in [0.15, 0.2) is 11.0 Å². The Labute approximate surface area is 267 Å². The molecule has 1 amide bonds. The quantitative estimate of drug-likeness (QED) is 0.0381. The number of benzene rings is 2. The fourth-order valence-corrected chi connectivity index (χ4v) is 4.51. The Kier molecular flexibility index (Phi) is 13.2. The SMILES string of the molecule is CCCCc1nc(Cl)c(COC(=O)CCO[N+](=O)[O-])n1Cc1ccc(-c2ccccc2/C(N)=N/N(N)C(=O)CCO[N+](=O)[O-])cc1. The molecule has 0 saturated heterocycles. The highest BCUT2D eigenvalue weighted by Gasteiger charge is 2.19. The summed E-state index contributed by atoms with van der Waals surface area (Å²) < 4.78 is 7.18. The first-order chi connectivity index (χ1) is 22.0. The third-order valence-electron chi connectivity index (χ3n) is 6.52. The van der Waals surface area contributed by atoms with Gasteiger partial charge in [0, 0.05) is 18.5 Å². The average molecular weight is 661 g/mol. The molecule has 0 saturated carbocycles. The highest BCUT2D eigenvalue weighted by atomic mass is 35.5. The van der Waals surface area contributed by atoms with Crippen molar-refractivity contribution >= 4 is 29.3 Å². The van der Waals surface area contributed by atoms with Gasteiger partial charge in [0.05, 0.1) is 18.5 Å². The van der Waals surface area contributed by atoms with Crippen LogP contribution >= 0.6 is 11.6 Å². The summed E-state index contributed by atoms with van der Waals surface area (Å²) in [6.45, 7) is 1.35. The lowest BCUT2D eigenvalue weighted by atomic mass is 9.98. The van der Waals surface area contributed by atoms with Crippen molar-refractivity contribution in [3.63, 3.8) is 0 Å². The molecule has 246 valence electrons. The van der Waals surface area contributed by atoms with Crippen molar-refractivity contribution in [3.8, 4) is 11.1 Å². The number of unbranched alkanes of at least 4 members (excludes halogenated alkanes) is 1. The third-order valence-corrected chi connectivity index (χ3v) is 6.82. The van der Waals surface area contributed by atoms with Gasteiger partial charge in [-0.1, -0.05) is 73.5 Å². The van der Waals surface area contributed by atoms with Gasteiger partial charge in [0.2, 0.25) is 0 Å². The number of amides is 1. The number of hydrogen-bond donors (Lipinski definition) is 2. The van der Waals surface area contributed by atoms with Crippen LogP contribution in [0.15, 0.2) is 53.6 Å². The van der Waals surface area contributed by atoms with Gasteiger partial charge in [0.25, 0.3) is 16.1 Å². The van der Waals surface area contributed by atoms with Crippen molar-refractivity contribution in [2.75, 3.05) is 13.2 Å². The molecule has 0 aliphatic rings. The molecule has 1 aromatic heterocycles. The maximum Gasteiger partial charge on any atom is 0.308 e. The van der Waals surface area contributed by atoms with Crippen molar-refractivity contribution in [1.82, 2.24) is 14.7 Å². The van der Waals surface area contributed by atoms with Crippen LogP contribution in [0.4, 0.5) is 0 Å². The Morgan fingerprint density at radius 1 is 1.04 bits per heavy atom. The molecular weight excluding hydrogens is 628 g/mol. The number of hydrazone groups is 1. The van der Waals surface area contributed by atoms with Gasteiger partial charge in [-0.25, -0.2) is 10.8 Å². The topological polar surface area (TPSA) is 234 Å².